The Bertz CT molecular complexity index is 636. The zero-order chi connectivity index (χ0) is 13.4. The predicted octanol–water partition coefficient (Wildman–Crippen LogP) is 1.47. The van der Waals surface area contributed by atoms with Gasteiger partial charge in [0.15, 0.2) is 11.6 Å². The summed E-state index contributed by atoms with van der Waals surface area (Å²) in [5, 5.41) is 27.1. The zero-order valence-electron chi connectivity index (χ0n) is 10.2. The first-order valence-corrected chi connectivity index (χ1v) is 6.12. The summed E-state index contributed by atoms with van der Waals surface area (Å²) in [7, 11) is 0. The van der Waals surface area contributed by atoms with Crippen LogP contribution in [0.5, 0.6) is 0 Å². The molecule has 19 heavy (non-hydrogen) atoms. The van der Waals surface area contributed by atoms with Crippen molar-refractivity contribution in [2.24, 2.45) is 0 Å². The van der Waals surface area contributed by atoms with Crippen LogP contribution in [0.4, 0.5) is 0 Å². The van der Waals surface area contributed by atoms with Gasteiger partial charge in [-0.15, -0.1) is 10.2 Å². The Morgan fingerprint density at radius 3 is 2.89 bits per heavy atom. The SMILES string of the molecule is O=C(O)c1ccccc1-c1nnc2n1CCCC2O. The smallest absolute Gasteiger partial charge is 0.336 e. The number of aromatic nitrogens is 3. The molecule has 6 nitrogen and oxygen atoms in total. The van der Waals surface area contributed by atoms with Gasteiger partial charge in [-0.3, -0.25) is 0 Å². The van der Waals surface area contributed by atoms with E-state index in [-0.39, 0.29) is 5.56 Å². The molecule has 1 aliphatic heterocycles. The van der Waals surface area contributed by atoms with Crippen LogP contribution >= 0.6 is 0 Å². The van der Waals surface area contributed by atoms with Crippen LogP contribution < -0.4 is 0 Å². The van der Waals surface area contributed by atoms with Crippen LogP contribution in [0.25, 0.3) is 11.4 Å². The third kappa shape index (κ3) is 1.90. The van der Waals surface area contributed by atoms with Crippen molar-refractivity contribution in [1.29, 1.82) is 0 Å². The van der Waals surface area contributed by atoms with Crippen LogP contribution in [0.15, 0.2) is 24.3 Å². The second-order valence-corrected chi connectivity index (χ2v) is 4.54. The number of aliphatic hydroxyl groups is 1. The third-order valence-electron chi connectivity index (χ3n) is 3.34. The van der Waals surface area contributed by atoms with Gasteiger partial charge in [0, 0.05) is 12.1 Å². The summed E-state index contributed by atoms with van der Waals surface area (Å²) >= 11 is 0. The first kappa shape index (κ1) is 11.9. The number of aromatic carboxylic acids is 1. The highest BCUT2D eigenvalue weighted by atomic mass is 16.4. The molecule has 6 heteroatoms. The molecule has 1 atom stereocenters. The van der Waals surface area contributed by atoms with Crippen molar-refractivity contribution in [3.05, 3.63) is 35.7 Å². The van der Waals surface area contributed by atoms with E-state index in [0.29, 0.717) is 30.2 Å². The Morgan fingerprint density at radius 1 is 1.32 bits per heavy atom. The number of rotatable bonds is 2. The van der Waals surface area contributed by atoms with Gasteiger partial charge < -0.3 is 14.8 Å². The monoisotopic (exact) mass is 259 g/mol. The van der Waals surface area contributed by atoms with Crippen LogP contribution in [0, 0.1) is 0 Å². The number of carboxylic acid groups (broad SMARTS) is 1. The number of aliphatic hydroxyl groups excluding tert-OH is 1. The maximum absolute atomic E-state index is 11.2. The fraction of sp³-hybridized carbons (Fsp3) is 0.308. The Balaban J connectivity index is 2.16. The molecular formula is C13H13N3O3. The summed E-state index contributed by atoms with van der Waals surface area (Å²) in [5.74, 6) is 0.0255. The highest BCUT2D eigenvalue weighted by Gasteiger charge is 2.25. The van der Waals surface area contributed by atoms with Gasteiger partial charge in [-0.1, -0.05) is 18.2 Å². The van der Waals surface area contributed by atoms with Crippen LogP contribution in [0.1, 0.15) is 35.1 Å². The van der Waals surface area contributed by atoms with Crippen LogP contribution in [-0.2, 0) is 6.54 Å². The fourth-order valence-corrected chi connectivity index (χ4v) is 2.42. The van der Waals surface area contributed by atoms with E-state index in [1.54, 1.807) is 28.8 Å². The molecule has 98 valence electrons. The zero-order valence-corrected chi connectivity index (χ0v) is 10.2. The lowest BCUT2D eigenvalue weighted by molar-refractivity contribution is 0.0697. The van der Waals surface area contributed by atoms with Crippen LogP contribution in [-0.4, -0.2) is 30.9 Å². The van der Waals surface area contributed by atoms with Gasteiger partial charge in [0.1, 0.15) is 6.10 Å². The molecule has 0 saturated carbocycles. The fourth-order valence-electron chi connectivity index (χ4n) is 2.42. The maximum atomic E-state index is 11.2. The first-order chi connectivity index (χ1) is 9.18. The maximum Gasteiger partial charge on any atom is 0.336 e. The van der Waals surface area contributed by atoms with Crippen molar-refractivity contribution >= 4 is 5.97 Å². The molecule has 2 heterocycles. The number of nitrogens with zero attached hydrogens (tertiary/aromatic N) is 3. The van der Waals surface area contributed by atoms with E-state index in [1.807, 2.05) is 0 Å². The number of carboxylic acids is 1. The lowest BCUT2D eigenvalue weighted by atomic mass is 10.1. The topological polar surface area (TPSA) is 88.2 Å². The summed E-state index contributed by atoms with van der Waals surface area (Å²) in [6, 6.07) is 6.69. The summed E-state index contributed by atoms with van der Waals surface area (Å²) in [5.41, 5.74) is 0.723. The highest BCUT2D eigenvalue weighted by Crippen LogP contribution is 2.29. The molecule has 0 fully saturated rings. The Kier molecular flexibility index (Phi) is 2.79. The largest absolute Gasteiger partial charge is 0.478 e. The molecule has 1 unspecified atom stereocenters. The minimum absolute atomic E-state index is 0.192. The quantitative estimate of drug-likeness (QED) is 0.852. The molecule has 1 aliphatic rings. The molecule has 0 radical (unpaired) electrons. The summed E-state index contributed by atoms with van der Waals surface area (Å²) in [6.07, 6.45) is 0.875. The molecule has 2 aromatic rings. The molecule has 3 rings (SSSR count). The van der Waals surface area contributed by atoms with Gasteiger partial charge in [0.25, 0.3) is 0 Å². The number of fused-ring (bicyclic) bond motifs is 1. The second kappa shape index (κ2) is 4.47. The normalized spacial score (nSPS) is 18.1. The average molecular weight is 259 g/mol. The Morgan fingerprint density at radius 2 is 2.11 bits per heavy atom. The summed E-state index contributed by atoms with van der Waals surface area (Å²) < 4.78 is 1.80. The van der Waals surface area contributed by atoms with Crippen molar-refractivity contribution < 1.29 is 15.0 Å². The van der Waals surface area contributed by atoms with E-state index in [9.17, 15) is 15.0 Å². The minimum atomic E-state index is -0.996. The Hall–Kier alpha value is -2.21. The van der Waals surface area contributed by atoms with Crippen molar-refractivity contribution in [3.8, 4) is 11.4 Å². The van der Waals surface area contributed by atoms with Gasteiger partial charge in [0.05, 0.1) is 5.56 Å². The highest BCUT2D eigenvalue weighted by molar-refractivity contribution is 5.94. The molecule has 0 amide bonds. The van der Waals surface area contributed by atoms with E-state index >= 15 is 0 Å². The van der Waals surface area contributed by atoms with Gasteiger partial charge in [-0.25, -0.2) is 4.79 Å². The van der Waals surface area contributed by atoms with Gasteiger partial charge in [-0.05, 0) is 18.9 Å². The number of hydrogen-bond acceptors (Lipinski definition) is 4. The minimum Gasteiger partial charge on any atom is -0.478 e. The first-order valence-electron chi connectivity index (χ1n) is 6.12. The molecule has 0 spiro atoms. The van der Waals surface area contributed by atoms with Crippen LogP contribution in [0.2, 0.25) is 0 Å². The molecular weight excluding hydrogens is 246 g/mol. The molecule has 1 aromatic heterocycles. The van der Waals surface area contributed by atoms with Crippen molar-refractivity contribution in [3.63, 3.8) is 0 Å². The third-order valence-corrected chi connectivity index (χ3v) is 3.34. The molecule has 2 N–H and O–H groups in total. The number of carbonyl (C=O) groups is 1. The van der Waals surface area contributed by atoms with Gasteiger partial charge >= 0.3 is 5.97 Å². The molecule has 0 bridgehead atoms. The number of hydrogen-bond donors (Lipinski definition) is 2. The average Bonchev–Trinajstić information content (AvgIpc) is 2.84. The van der Waals surface area contributed by atoms with Gasteiger partial charge in [-0.2, -0.15) is 0 Å². The lowest BCUT2D eigenvalue weighted by Gasteiger charge is -2.19. The van der Waals surface area contributed by atoms with E-state index in [1.165, 1.54) is 0 Å². The molecule has 0 saturated heterocycles. The standard InChI is InChI=1S/C13H13N3O3/c17-10-6-3-7-16-11(14-15-12(10)16)8-4-1-2-5-9(8)13(18)19/h1-2,4-5,10,17H,3,6-7H2,(H,18,19). The molecule has 0 aliphatic carbocycles. The van der Waals surface area contributed by atoms with Crippen molar-refractivity contribution in [2.45, 2.75) is 25.5 Å². The second-order valence-electron chi connectivity index (χ2n) is 4.54. The van der Waals surface area contributed by atoms with E-state index in [4.69, 9.17) is 0 Å². The van der Waals surface area contributed by atoms with E-state index in [2.05, 4.69) is 10.2 Å². The van der Waals surface area contributed by atoms with Crippen molar-refractivity contribution in [2.75, 3.05) is 0 Å². The van der Waals surface area contributed by atoms with Crippen LogP contribution in [0.3, 0.4) is 0 Å². The van der Waals surface area contributed by atoms with Gasteiger partial charge in [0.2, 0.25) is 0 Å². The van der Waals surface area contributed by atoms with E-state index in [0.717, 1.165) is 6.42 Å². The number of benzene rings is 1. The Labute approximate surface area is 109 Å². The lowest BCUT2D eigenvalue weighted by Crippen LogP contribution is -2.16. The van der Waals surface area contributed by atoms with E-state index < -0.39 is 12.1 Å². The summed E-state index contributed by atoms with van der Waals surface area (Å²) in [4.78, 5) is 11.2. The summed E-state index contributed by atoms with van der Waals surface area (Å²) in [6.45, 7) is 0.697. The molecule has 1 aromatic carbocycles. The predicted molar refractivity (Wildman–Crippen MR) is 66.6 cm³/mol. The van der Waals surface area contributed by atoms with Crippen molar-refractivity contribution in [1.82, 2.24) is 14.8 Å².